The summed E-state index contributed by atoms with van der Waals surface area (Å²) in [6.07, 6.45) is 6.44. The second-order valence-corrected chi connectivity index (χ2v) is 4.12. The first-order valence-electron chi connectivity index (χ1n) is 5.56. The van der Waals surface area contributed by atoms with Crippen LogP contribution in [0.4, 0.5) is 0 Å². The highest BCUT2D eigenvalue weighted by atomic mass is 14.8. The van der Waals surface area contributed by atoms with Gasteiger partial charge < -0.3 is 5.32 Å². The smallest absolute Gasteiger partial charge is 0.0300 e. The highest BCUT2D eigenvalue weighted by Gasteiger charge is 2.15. The van der Waals surface area contributed by atoms with Crippen molar-refractivity contribution in [3.05, 3.63) is 47.7 Å². The van der Waals surface area contributed by atoms with E-state index in [-0.39, 0.29) is 0 Å². The molecule has 15 heavy (non-hydrogen) atoms. The maximum absolute atomic E-state index is 4.18. The number of rotatable bonds is 5. The summed E-state index contributed by atoms with van der Waals surface area (Å²) in [5.41, 5.74) is 4.92. The molecule has 1 aliphatic rings. The molecular formula is C14H21N. The Morgan fingerprint density at radius 2 is 2.00 bits per heavy atom. The molecule has 1 N–H and O–H groups in total. The van der Waals surface area contributed by atoms with Crippen molar-refractivity contribution in [3.8, 4) is 0 Å². The van der Waals surface area contributed by atoms with Crippen LogP contribution in [-0.2, 0) is 0 Å². The molecule has 0 bridgehead atoms. The Labute approximate surface area is 93.3 Å². The van der Waals surface area contributed by atoms with Gasteiger partial charge in [0, 0.05) is 12.7 Å². The molecule has 0 aliphatic heterocycles. The lowest BCUT2D eigenvalue weighted by Gasteiger charge is -2.15. The lowest BCUT2D eigenvalue weighted by Crippen LogP contribution is -2.07. The average molecular weight is 203 g/mol. The minimum absolute atomic E-state index is 0.576. The molecule has 0 amide bonds. The van der Waals surface area contributed by atoms with Crippen molar-refractivity contribution in [2.24, 2.45) is 5.92 Å². The molecule has 0 saturated carbocycles. The predicted octanol–water partition coefficient (Wildman–Crippen LogP) is 3.58. The van der Waals surface area contributed by atoms with Gasteiger partial charge in [0.25, 0.3) is 0 Å². The van der Waals surface area contributed by atoms with E-state index in [1.54, 1.807) is 0 Å². The summed E-state index contributed by atoms with van der Waals surface area (Å²) >= 11 is 0. The van der Waals surface area contributed by atoms with Gasteiger partial charge in [-0.1, -0.05) is 39.2 Å². The molecule has 1 nitrogen and oxygen atoms in total. The summed E-state index contributed by atoms with van der Waals surface area (Å²) in [4.78, 5) is 0. The highest BCUT2D eigenvalue weighted by Crippen LogP contribution is 2.31. The van der Waals surface area contributed by atoms with Crippen LogP contribution >= 0.6 is 0 Å². The summed E-state index contributed by atoms with van der Waals surface area (Å²) in [6, 6.07) is 0. The van der Waals surface area contributed by atoms with E-state index >= 15 is 0 Å². The first-order chi connectivity index (χ1) is 7.10. The van der Waals surface area contributed by atoms with Gasteiger partial charge in [-0.2, -0.15) is 0 Å². The SMILES string of the molecule is C=C(NC)C1=CC=C(C(=C)C(C)CC)C1. The molecule has 1 heteroatoms. The first-order valence-corrected chi connectivity index (χ1v) is 5.56. The van der Waals surface area contributed by atoms with Gasteiger partial charge in [-0.05, 0) is 35.5 Å². The molecule has 0 aromatic rings. The zero-order valence-corrected chi connectivity index (χ0v) is 10.1. The summed E-state index contributed by atoms with van der Waals surface area (Å²) < 4.78 is 0. The van der Waals surface area contributed by atoms with E-state index < -0.39 is 0 Å². The van der Waals surface area contributed by atoms with E-state index in [0.29, 0.717) is 5.92 Å². The Kier molecular flexibility index (Phi) is 3.96. The van der Waals surface area contributed by atoms with E-state index in [4.69, 9.17) is 0 Å². The van der Waals surface area contributed by atoms with E-state index in [1.165, 1.54) is 16.7 Å². The summed E-state index contributed by atoms with van der Waals surface area (Å²) in [5.74, 6) is 0.576. The molecule has 0 fully saturated rings. The van der Waals surface area contributed by atoms with Crippen LogP contribution in [0, 0.1) is 5.92 Å². The number of allylic oxidation sites excluding steroid dienone is 5. The number of nitrogens with one attached hydrogen (secondary N) is 1. The lowest BCUT2D eigenvalue weighted by atomic mass is 9.91. The largest absolute Gasteiger partial charge is 0.388 e. The fraction of sp³-hybridized carbons (Fsp3) is 0.429. The minimum atomic E-state index is 0.576. The van der Waals surface area contributed by atoms with Crippen molar-refractivity contribution in [1.29, 1.82) is 0 Å². The average Bonchev–Trinajstić information content (AvgIpc) is 2.75. The Hall–Kier alpha value is -1.24. The molecule has 0 spiro atoms. The molecule has 1 rings (SSSR count). The third kappa shape index (κ3) is 2.62. The van der Waals surface area contributed by atoms with Crippen LogP contribution in [0.1, 0.15) is 26.7 Å². The van der Waals surface area contributed by atoms with Gasteiger partial charge in [0.05, 0.1) is 0 Å². The van der Waals surface area contributed by atoms with Gasteiger partial charge in [0.2, 0.25) is 0 Å². The van der Waals surface area contributed by atoms with Crippen molar-refractivity contribution >= 4 is 0 Å². The zero-order valence-electron chi connectivity index (χ0n) is 10.1. The normalized spacial score (nSPS) is 16.7. The molecule has 1 atom stereocenters. The van der Waals surface area contributed by atoms with Gasteiger partial charge in [0.15, 0.2) is 0 Å². The van der Waals surface area contributed by atoms with Crippen molar-refractivity contribution in [3.63, 3.8) is 0 Å². The van der Waals surface area contributed by atoms with E-state index in [0.717, 1.165) is 18.5 Å². The number of likely N-dealkylation sites (N-methyl/N-ethyl adjacent to an activating group) is 1. The molecule has 0 aromatic carbocycles. The van der Waals surface area contributed by atoms with Crippen LogP contribution in [0.25, 0.3) is 0 Å². The summed E-state index contributed by atoms with van der Waals surface area (Å²) in [5, 5.41) is 3.08. The van der Waals surface area contributed by atoms with Crippen molar-refractivity contribution in [2.45, 2.75) is 26.7 Å². The Balaban J connectivity index is 2.60. The van der Waals surface area contributed by atoms with Crippen LogP contribution in [0.2, 0.25) is 0 Å². The second kappa shape index (κ2) is 5.01. The third-order valence-electron chi connectivity index (χ3n) is 3.18. The summed E-state index contributed by atoms with van der Waals surface area (Å²) in [6.45, 7) is 12.6. The standard InChI is InChI=1S/C14H21N/c1-6-10(2)11(3)13-7-8-14(9-13)12(4)15-5/h7-8,10,15H,3-4,6,9H2,1-2,5H3. The van der Waals surface area contributed by atoms with Gasteiger partial charge >= 0.3 is 0 Å². The molecule has 82 valence electrons. The van der Waals surface area contributed by atoms with Crippen molar-refractivity contribution in [1.82, 2.24) is 5.32 Å². The van der Waals surface area contributed by atoms with Crippen LogP contribution in [0.15, 0.2) is 47.7 Å². The fourth-order valence-corrected chi connectivity index (χ4v) is 1.68. The highest BCUT2D eigenvalue weighted by molar-refractivity contribution is 5.48. The molecule has 1 unspecified atom stereocenters. The maximum atomic E-state index is 4.18. The fourth-order valence-electron chi connectivity index (χ4n) is 1.68. The van der Waals surface area contributed by atoms with Gasteiger partial charge in [0.1, 0.15) is 0 Å². The van der Waals surface area contributed by atoms with Crippen LogP contribution in [0.5, 0.6) is 0 Å². The lowest BCUT2D eigenvalue weighted by molar-refractivity contribution is 0.661. The summed E-state index contributed by atoms with van der Waals surface area (Å²) in [7, 11) is 1.91. The molecule has 0 saturated heterocycles. The quantitative estimate of drug-likeness (QED) is 0.720. The van der Waals surface area contributed by atoms with E-state index in [2.05, 4.69) is 44.5 Å². The topological polar surface area (TPSA) is 12.0 Å². The second-order valence-electron chi connectivity index (χ2n) is 4.12. The van der Waals surface area contributed by atoms with Gasteiger partial charge in [-0.3, -0.25) is 0 Å². The number of hydrogen-bond donors (Lipinski definition) is 1. The molecule has 0 aromatic heterocycles. The van der Waals surface area contributed by atoms with Crippen molar-refractivity contribution < 1.29 is 0 Å². The Morgan fingerprint density at radius 3 is 2.53 bits per heavy atom. The minimum Gasteiger partial charge on any atom is -0.388 e. The molecular weight excluding hydrogens is 182 g/mol. The Morgan fingerprint density at radius 1 is 1.40 bits per heavy atom. The molecule has 1 aliphatic carbocycles. The third-order valence-corrected chi connectivity index (χ3v) is 3.18. The van der Waals surface area contributed by atoms with Crippen molar-refractivity contribution in [2.75, 3.05) is 7.05 Å². The van der Waals surface area contributed by atoms with E-state index in [9.17, 15) is 0 Å². The van der Waals surface area contributed by atoms with Gasteiger partial charge in [-0.15, -0.1) is 0 Å². The van der Waals surface area contributed by atoms with E-state index in [1.807, 2.05) is 7.05 Å². The first kappa shape index (κ1) is 11.8. The van der Waals surface area contributed by atoms with Gasteiger partial charge in [-0.25, -0.2) is 0 Å². The van der Waals surface area contributed by atoms with Crippen LogP contribution in [-0.4, -0.2) is 7.05 Å². The Bertz CT molecular complexity index is 331. The monoisotopic (exact) mass is 203 g/mol. The maximum Gasteiger partial charge on any atom is 0.0300 e. The zero-order chi connectivity index (χ0) is 11.4. The number of hydrogen-bond acceptors (Lipinski definition) is 1. The van der Waals surface area contributed by atoms with Crippen LogP contribution < -0.4 is 5.32 Å². The predicted molar refractivity (Wildman–Crippen MR) is 67.6 cm³/mol. The molecule has 0 radical (unpaired) electrons. The molecule has 0 heterocycles. The van der Waals surface area contributed by atoms with Crippen LogP contribution in [0.3, 0.4) is 0 Å².